The first-order valence-electron chi connectivity index (χ1n) is 8.27. The van der Waals surface area contributed by atoms with Gasteiger partial charge in [0.05, 0.1) is 13.7 Å². The van der Waals surface area contributed by atoms with Gasteiger partial charge in [0, 0.05) is 11.3 Å². The highest BCUT2D eigenvalue weighted by molar-refractivity contribution is 5.89. The summed E-state index contributed by atoms with van der Waals surface area (Å²) < 4.78 is 10.8. The Morgan fingerprint density at radius 2 is 1.77 bits per heavy atom. The number of ether oxygens (including phenoxy) is 1. The van der Waals surface area contributed by atoms with Gasteiger partial charge in [-0.05, 0) is 50.2 Å². The molecule has 0 saturated carbocycles. The molecule has 1 heterocycles. The number of aryl methyl sites for hydroxylation is 2. The van der Waals surface area contributed by atoms with E-state index in [-0.39, 0.29) is 12.6 Å². The fraction of sp³-hybridized carbons (Fsp3) is 0.200. The second-order valence-electron chi connectivity index (χ2n) is 5.92. The predicted octanol–water partition coefficient (Wildman–Crippen LogP) is 4.29. The van der Waals surface area contributed by atoms with Crippen LogP contribution in [0.15, 0.2) is 52.9 Å². The molecular weight excluding hydrogens is 330 g/mol. The third kappa shape index (κ3) is 4.22. The minimum Gasteiger partial charge on any atom is -0.497 e. The molecular formula is C20H21N3O3. The van der Waals surface area contributed by atoms with E-state index >= 15 is 0 Å². The maximum Gasteiger partial charge on any atom is 0.319 e. The maximum absolute atomic E-state index is 12.1. The Balaban J connectivity index is 1.60. The number of hydrogen-bond donors (Lipinski definition) is 2. The molecule has 0 radical (unpaired) electrons. The highest BCUT2D eigenvalue weighted by atomic mass is 16.5. The standard InChI is InChI=1S/C20H21N3O3/c1-13-4-6-15(7-5-13)19-23-18(14(2)26-19)12-21-20(24)22-16-8-10-17(25-3)11-9-16/h4-11H,12H2,1-3H3,(H2,21,22,24). The van der Waals surface area contributed by atoms with Gasteiger partial charge in [0.1, 0.15) is 17.2 Å². The SMILES string of the molecule is COc1ccc(NC(=O)NCc2nc(-c3ccc(C)cc3)oc2C)cc1. The predicted molar refractivity (Wildman–Crippen MR) is 100 cm³/mol. The average Bonchev–Trinajstić information content (AvgIpc) is 3.02. The Bertz CT molecular complexity index is 884. The van der Waals surface area contributed by atoms with Gasteiger partial charge in [0.25, 0.3) is 0 Å². The van der Waals surface area contributed by atoms with Crippen LogP contribution < -0.4 is 15.4 Å². The summed E-state index contributed by atoms with van der Waals surface area (Å²) in [6.45, 7) is 4.15. The molecule has 26 heavy (non-hydrogen) atoms. The fourth-order valence-corrected chi connectivity index (χ4v) is 2.43. The number of urea groups is 1. The van der Waals surface area contributed by atoms with Crippen molar-refractivity contribution in [3.63, 3.8) is 0 Å². The van der Waals surface area contributed by atoms with Gasteiger partial charge in [-0.1, -0.05) is 17.7 Å². The summed E-state index contributed by atoms with van der Waals surface area (Å²) in [6, 6.07) is 14.8. The number of carbonyl (C=O) groups excluding carboxylic acids is 1. The molecule has 2 aromatic carbocycles. The summed E-state index contributed by atoms with van der Waals surface area (Å²) in [5, 5.41) is 5.55. The van der Waals surface area contributed by atoms with Crippen molar-refractivity contribution < 1.29 is 13.9 Å². The van der Waals surface area contributed by atoms with Crippen LogP contribution in [0.3, 0.4) is 0 Å². The lowest BCUT2D eigenvalue weighted by Crippen LogP contribution is -2.28. The molecule has 0 aliphatic heterocycles. The third-order valence-corrected chi connectivity index (χ3v) is 3.96. The summed E-state index contributed by atoms with van der Waals surface area (Å²) >= 11 is 0. The van der Waals surface area contributed by atoms with Crippen molar-refractivity contribution in [2.75, 3.05) is 12.4 Å². The molecule has 0 saturated heterocycles. The average molecular weight is 351 g/mol. The van der Waals surface area contributed by atoms with E-state index < -0.39 is 0 Å². The van der Waals surface area contributed by atoms with Crippen LogP contribution in [-0.2, 0) is 6.54 Å². The molecule has 0 aliphatic carbocycles. The summed E-state index contributed by atoms with van der Waals surface area (Å²) in [7, 11) is 1.60. The first kappa shape index (κ1) is 17.5. The van der Waals surface area contributed by atoms with Crippen LogP contribution in [-0.4, -0.2) is 18.1 Å². The third-order valence-electron chi connectivity index (χ3n) is 3.96. The number of oxazole rings is 1. The number of hydrogen-bond acceptors (Lipinski definition) is 4. The molecule has 6 heteroatoms. The van der Waals surface area contributed by atoms with Crippen molar-refractivity contribution in [3.05, 3.63) is 65.5 Å². The molecule has 3 rings (SSSR count). The highest BCUT2D eigenvalue weighted by Crippen LogP contribution is 2.22. The normalized spacial score (nSPS) is 10.4. The first-order chi connectivity index (χ1) is 12.5. The van der Waals surface area contributed by atoms with Gasteiger partial charge in [-0.25, -0.2) is 9.78 Å². The van der Waals surface area contributed by atoms with Crippen LogP contribution in [0.4, 0.5) is 10.5 Å². The van der Waals surface area contributed by atoms with Crippen LogP contribution in [0, 0.1) is 13.8 Å². The highest BCUT2D eigenvalue weighted by Gasteiger charge is 2.12. The lowest BCUT2D eigenvalue weighted by Gasteiger charge is -2.07. The molecule has 0 atom stereocenters. The Labute approximate surface area is 152 Å². The van der Waals surface area contributed by atoms with Gasteiger partial charge >= 0.3 is 6.03 Å². The van der Waals surface area contributed by atoms with Gasteiger partial charge in [-0.2, -0.15) is 0 Å². The number of nitrogens with zero attached hydrogens (tertiary/aromatic N) is 1. The van der Waals surface area contributed by atoms with Crippen molar-refractivity contribution in [1.82, 2.24) is 10.3 Å². The van der Waals surface area contributed by atoms with Crippen LogP contribution in [0.1, 0.15) is 17.0 Å². The van der Waals surface area contributed by atoms with Crippen molar-refractivity contribution in [2.24, 2.45) is 0 Å². The molecule has 6 nitrogen and oxygen atoms in total. The topological polar surface area (TPSA) is 76.4 Å². The summed E-state index contributed by atoms with van der Waals surface area (Å²) in [6.07, 6.45) is 0. The molecule has 1 aromatic heterocycles. The van der Waals surface area contributed by atoms with E-state index in [1.54, 1.807) is 31.4 Å². The summed E-state index contributed by atoms with van der Waals surface area (Å²) in [5.41, 5.74) is 3.47. The monoisotopic (exact) mass is 351 g/mol. The number of benzene rings is 2. The van der Waals surface area contributed by atoms with Crippen molar-refractivity contribution in [1.29, 1.82) is 0 Å². The van der Waals surface area contributed by atoms with E-state index in [2.05, 4.69) is 15.6 Å². The number of rotatable bonds is 5. The molecule has 2 N–H and O–H groups in total. The van der Waals surface area contributed by atoms with E-state index in [1.165, 1.54) is 5.56 Å². The van der Waals surface area contributed by atoms with Gasteiger partial charge in [0.2, 0.25) is 5.89 Å². The number of methoxy groups -OCH3 is 1. The van der Waals surface area contributed by atoms with Crippen LogP contribution in [0.5, 0.6) is 5.75 Å². The number of aromatic nitrogens is 1. The van der Waals surface area contributed by atoms with E-state index in [1.807, 2.05) is 38.1 Å². The number of carbonyl (C=O) groups is 1. The van der Waals surface area contributed by atoms with E-state index in [4.69, 9.17) is 9.15 Å². The van der Waals surface area contributed by atoms with Crippen LogP contribution in [0.25, 0.3) is 11.5 Å². The lowest BCUT2D eigenvalue weighted by atomic mass is 10.1. The summed E-state index contributed by atoms with van der Waals surface area (Å²) in [5.74, 6) is 1.97. The molecule has 0 spiro atoms. The van der Waals surface area contributed by atoms with Gasteiger partial charge in [0.15, 0.2) is 0 Å². The minimum absolute atomic E-state index is 0.281. The number of nitrogens with one attached hydrogen (secondary N) is 2. The second kappa shape index (κ2) is 7.74. The van der Waals surface area contributed by atoms with E-state index in [9.17, 15) is 4.79 Å². The molecule has 0 aliphatic rings. The zero-order valence-electron chi connectivity index (χ0n) is 15.0. The minimum atomic E-state index is -0.311. The molecule has 2 amide bonds. The first-order valence-corrected chi connectivity index (χ1v) is 8.27. The Kier molecular flexibility index (Phi) is 5.22. The van der Waals surface area contributed by atoms with E-state index in [0.29, 0.717) is 23.0 Å². The Morgan fingerprint density at radius 3 is 2.42 bits per heavy atom. The Hall–Kier alpha value is -3.28. The van der Waals surface area contributed by atoms with Gasteiger partial charge < -0.3 is 19.8 Å². The number of amides is 2. The number of anilines is 1. The molecule has 0 fully saturated rings. The van der Waals surface area contributed by atoms with Crippen molar-refractivity contribution in [2.45, 2.75) is 20.4 Å². The molecule has 134 valence electrons. The lowest BCUT2D eigenvalue weighted by molar-refractivity contribution is 0.251. The van der Waals surface area contributed by atoms with Gasteiger partial charge in [-0.3, -0.25) is 0 Å². The zero-order valence-corrected chi connectivity index (χ0v) is 15.0. The van der Waals surface area contributed by atoms with Crippen molar-refractivity contribution >= 4 is 11.7 Å². The van der Waals surface area contributed by atoms with Crippen LogP contribution in [0.2, 0.25) is 0 Å². The molecule has 0 bridgehead atoms. The quantitative estimate of drug-likeness (QED) is 0.719. The van der Waals surface area contributed by atoms with Crippen molar-refractivity contribution in [3.8, 4) is 17.2 Å². The second-order valence-corrected chi connectivity index (χ2v) is 5.92. The Morgan fingerprint density at radius 1 is 1.08 bits per heavy atom. The maximum atomic E-state index is 12.1. The van der Waals surface area contributed by atoms with Crippen LogP contribution >= 0.6 is 0 Å². The van der Waals surface area contributed by atoms with Gasteiger partial charge in [-0.15, -0.1) is 0 Å². The smallest absolute Gasteiger partial charge is 0.319 e. The molecule has 0 unspecified atom stereocenters. The largest absolute Gasteiger partial charge is 0.497 e. The van der Waals surface area contributed by atoms with E-state index in [0.717, 1.165) is 11.3 Å². The zero-order chi connectivity index (χ0) is 18.5. The fourth-order valence-electron chi connectivity index (χ4n) is 2.43. The summed E-state index contributed by atoms with van der Waals surface area (Å²) in [4.78, 5) is 16.5. The molecule has 3 aromatic rings.